The smallest absolute Gasteiger partial charge is 0.276 e. The zero-order valence-electron chi connectivity index (χ0n) is 18.1. The van der Waals surface area contributed by atoms with Gasteiger partial charge in [-0.3, -0.25) is 9.59 Å². The fourth-order valence-electron chi connectivity index (χ4n) is 4.60. The zero-order valence-corrected chi connectivity index (χ0v) is 18.1. The second-order valence-corrected chi connectivity index (χ2v) is 8.70. The van der Waals surface area contributed by atoms with Crippen molar-refractivity contribution in [3.05, 3.63) is 34.6 Å². The molecular formula is C22H28N6O3. The highest BCUT2D eigenvalue weighted by Crippen LogP contribution is 2.40. The summed E-state index contributed by atoms with van der Waals surface area (Å²) in [4.78, 5) is 38.5. The molecule has 0 radical (unpaired) electrons. The number of rotatable bonds is 4. The molecule has 0 aromatic carbocycles. The van der Waals surface area contributed by atoms with Crippen molar-refractivity contribution >= 4 is 17.6 Å². The lowest BCUT2D eigenvalue weighted by molar-refractivity contribution is -0.129. The van der Waals surface area contributed by atoms with Gasteiger partial charge in [-0.05, 0) is 32.1 Å². The Balaban J connectivity index is 1.44. The average Bonchev–Trinajstić information content (AvgIpc) is 3.53. The van der Waals surface area contributed by atoms with Gasteiger partial charge in [0.05, 0.1) is 18.3 Å². The van der Waals surface area contributed by atoms with E-state index in [1.54, 1.807) is 13.0 Å². The molecule has 1 saturated heterocycles. The molecule has 3 aliphatic rings. The minimum atomic E-state index is -0.189. The summed E-state index contributed by atoms with van der Waals surface area (Å²) >= 11 is 0. The third-order valence-corrected chi connectivity index (χ3v) is 6.55. The van der Waals surface area contributed by atoms with Gasteiger partial charge in [0.2, 0.25) is 5.91 Å². The van der Waals surface area contributed by atoms with Gasteiger partial charge in [0, 0.05) is 51.0 Å². The first-order valence-electron chi connectivity index (χ1n) is 11.2. The first kappa shape index (κ1) is 20.0. The first-order valence-corrected chi connectivity index (χ1v) is 11.2. The summed E-state index contributed by atoms with van der Waals surface area (Å²) in [6, 6.07) is 1.61. The van der Waals surface area contributed by atoms with Crippen molar-refractivity contribution < 1.29 is 14.1 Å². The van der Waals surface area contributed by atoms with E-state index in [1.807, 2.05) is 16.8 Å². The highest BCUT2D eigenvalue weighted by molar-refractivity contribution is 5.92. The number of hydrogen-bond donors (Lipinski definition) is 1. The highest BCUT2D eigenvalue weighted by atomic mass is 16.5. The Labute approximate surface area is 181 Å². The molecule has 2 fully saturated rings. The van der Waals surface area contributed by atoms with E-state index in [0.29, 0.717) is 43.5 Å². The van der Waals surface area contributed by atoms with Crippen LogP contribution in [0.5, 0.6) is 0 Å². The van der Waals surface area contributed by atoms with Crippen molar-refractivity contribution in [1.82, 2.24) is 24.9 Å². The van der Waals surface area contributed by atoms with E-state index < -0.39 is 0 Å². The normalized spacial score (nSPS) is 21.0. The SMILES string of the molecule is CNc1nc([C@@H]2CCCCN2C(=O)c2cc(C3CC3)on2)nc2c1CN(C(C)=O)CC2. The molecule has 5 rings (SSSR count). The van der Waals surface area contributed by atoms with E-state index in [9.17, 15) is 9.59 Å². The lowest BCUT2D eigenvalue weighted by atomic mass is 9.99. The zero-order chi connectivity index (χ0) is 21.5. The lowest BCUT2D eigenvalue weighted by Crippen LogP contribution is -2.40. The predicted molar refractivity (Wildman–Crippen MR) is 112 cm³/mol. The monoisotopic (exact) mass is 424 g/mol. The van der Waals surface area contributed by atoms with Crippen molar-refractivity contribution in [3.8, 4) is 0 Å². The van der Waals surface area contributed by atoms with Crippen molar-refractivity contribution in [2.24, 2.45) is 0 Å². The molecule has 164 valence electrons. The summed E-state index contributed by atoms with van der Waals surface area (Å²) in [5.41, 5.74) is 2.30. The molecular weight excluding hydrogens is 396 g/mol. The molecule has 1 saturated carbocycles. The Kier molecular flexibility index (Phi) is 5.11. The summed E-state index contributed by atoms with van der Waals surface area (Å²) in [6.07, 6.45) is 5.69. The molecule has 1 aliphatic carbocycles. The minimum Gasteiger partial charge on any atom is -0.373 e. The number of hydrogen-bond acceptors (Lipinski definition) is 7. The van der Waals surface area contributed by atoms with Gasteiger partial charge >= 0.3 is 0 Å². The lowest BCUT2D eigenvalue weighted by Gasteiger charge is -2.35. The predicted octanol–water partition coefficient (Wildman–Crippen LogP) is 2.66. The van der Waals surface area contributed by atoms with Gasteiger partial charge in [0.1, 0.15) is 11.6 Å². The van der Waals surface area contributed by atoms with Crippen LogP contribution >= 0.6 is 0 Å². The maximum absolute atomic E-state index is 13.3. The number of aromatic nitrogens is 3. The Morgan fingerprint density at radius 2 is 2.00 bits per heavy atom. The fraction of sp³-hybridized carbons (Fsp3) is 0.591. The molecule has 9 nitrogen and oxygen atoms in total. The fourth-order valence-corrected chi connectivity index (χ4v) is 4.60. The van der Waals surface area contributed by atoms with Gasteiger partial charge in [-0.1, -0.05) is 5.16 Å². The second kappa shape index (κ2) is 7.94. The number of nitrogens with zero attached hydrogens (tertiary/aromatic N) is 5. The summed E-state index contributed by atoms with van der Waals surface area (Å²) < 4.78 is 5.41. The first-order chi connectivity index (χ1) is 15.0. The molecule has 31 heavy (non-hydrogen) atoms. The van der Waals surface area contributed by atoms with Crippen LogP contribution in [0.3, 0.4) is 0 Å². The molecule has 9 heteroatoms. The summed E-state index contributed by atoms with van der Waals surface area (Å²) in [7, 11) is 1.83. The van der Waals surface area contributed by atoms with Crippen LogP contribution in [0.1, 0.15) is 84.3 Å². The average molecular weight is 425 g/mol. The topological polar surface area (TPSA) is 104 Å². The molecule has 2 aromatic heterocycles. The van der Waals surface area contributed by atoms with E-state index >= 15 is 0 Å². The number of fused-ring (bicyclic) bond motifs is 1. The number of nitrogens with one attached hydrogen (secondary N) is 1. The van der Waals surface area contributed by atoms with Crippen LogP contribution in [0.2, 0.25) is 0 Å². The Morgan fingerprint density at radius 3 is 2.74 bits per heavy atom. The van der Waals surface area contributed by atoms with Crippen molar-refractivity contribution in [2.75, 3.05) is 25.5 Å². The number of carbonyl (C=O) groups excluding carboxylic acids is 2. The van der Waals surface area contributed by atoms with E-state index in [-0.39, 0.29) is 17.9 Å². The van der Waals surface area contributed by atoms with Gasteiger partial charge in [0.25, 0.3) is 5.91 Å². The van der Waals surface area contributed by atoms with Gasteiger partial charge < -0.3 is 19.6 Å². The Bertz CT molecular complexity index is 997. The number of likely N-dealkylation sites (tertiary alicyclic amines) is 1. The van der Waals surface area contributed by atoms with Crippen LogP contribution in [0.15, 0.2) is 10.6 Å². The molecule has 2 aliphatic heterocycles. The van der Waals surface area contributed by atoms with Gasteiger partial charge in [-0.25, -0.2) is 9.97 Å². The van der Waals surface area contributed by atoms with Gasteiger partial charge in [-0.15, -0.1) is 0 Å². The van der Waals surface area contributed by atoms with Gasteiger partial charge in [-0.2, -0.15) is 0 Å². The standard InChI is InChI=1S/C22H28N6O3/c1-13(29)27-10-8-16-15(12-27)20(23-2)25-21(24-16)18-5-3-4-9-28(18)22(30)17-11-19(31-26-17)14-6-7-14/h11,14,18H,3-10,12H2,1-2H3,(H,23,24,25)/t18-/m0/s1. The van der Waals surface area contributed by atoms with E-state index in [0.717, 1.165) is 54.9 Å². The molecule has 0 bridgehead atoms. The van der Waals surface area contributed by atoms with Crippen LogP contribution < -0.4 is 5.32 Å². The largest absolute Gasteiger partial charge is 0.373 e. The van der Waals surface area contributed by atoms with Crippen LogP contribution in [-0.4, -0.2) is 56.9 Å². The van der Waals surface area contributed by atoms with E-state index in [2.05, 4.69) is 10.5 Å². The summed E-state index contributed by atoms with van der Waals surface area (Å²) in [5.74, 6) is 2.58. The highest BCUT2D eigenvalue weighted by Gasteiger charge is 2.35. The van der Waals surface area contributed by atoms with Crippen molar-refractivity contribution in [1.29, 1.82) is 0 Å². The molecule has 0 spiro atoms. The molecule has 0 unspecified atom stereocenters. The van der Waals surface area contributed by atoms with Crippen LogP contribution in [0, 0.1) is 0 Å². The molecule has 1 atom stereocenters. The van der Waals surface area contributed by atoms with E-state index in [4.69, 9.17) is 14.5 Å². The quantitative estimate of drug-likeness (QED) is 0.804. The third kappa shape index (κ3) is 3.77. The summed E-state index contributed by atoms with van der Waals surface area (Å²) in [5, 5.41) is 7.23. The Hall–Kier alpha value is -2.97. The molecule has 1 N–H and O–H groups in total. The van der Waals surface area contributed by atoms with Crippen LogP contribution in [0.25, 0.3) is 0 Å². The minimum absolute atomic E-state index is 0.0546. The number of carbonyl (C=O) groups is 2. The maximum atomic E-state index is 13.3. The van der Waals surface area contributed by atoms with Crippen LogP contribution in [-0.2, 0) is 17.8 Å². The van der Waals surface area contributed by atoms with Gasteiger partial charge in [0.15, 0.2) is 11.5 Å². The van der Waals surface area contributed by atoms with Crippen molar-refractivity contribution in [2.45, 2.75) is 64.0 Å². The number of piperidine rings is 1. The summed E-state index contributed by atoms with van der Waals surface area (Å²) in [6.45, 7) is 3.40. The number of anilines is 1. The molecule has 2 aromatic rings. The second-order valence-electron chi connectivity index (χ2n) is 8.70. The number of amides is 2. The maximum Gasteiger partial charge on any atom is 0.276 e. The van der Waals surface area contributed by atoms with E-state index in [1.165, 1.54) is 0 Å². The van der Waals surface area contributed by atoms with Crippen LogP contribution in [0.4, 0.5) is 5.82 Å². The van der Waals surface area contributed by atoms with Crippen molar-refractivity contribution in [3.63, 3.8) is 0 Å². The molecule has 4 heterocycles. The third-order valence-electron chi connectivity index (χ3n) is 6.55. The Morgan fingerprint density at radius 1 is 1.16 bits per heavy atom. The molecule has 2 amide bonds.